The van der Waals surface area contributed by atoms with E-state index in [1.807, 2.05) is 0 Å². The lowest BCUT2D eigenvalue weighted by Crippen LogP contribution is -2.32. The predicted molar refractivity (Wildman–Crippen MR) is 90.9 cm³/mol. The Hall–Kier alpha value is -1.43. The third kappa shape index (κ3) is 4.80. The molecule has 6 nitrogen and oxygen atoms in total. The van der Waals surface area contributed by atoms with Gasteiger partial charge in [0.1, 0.15) is 0 Å². The second-order valence-electron chi connectivity index (χ2n) is 6.05. The first kappa shape index (κ1) is 16.9. The van der Waals surface area contributed by atoms with Crippen LogP contribution in [0, 0.1) is 0 Å². The molecule has 124 valence electrons. The fourth-order valence-corrected chi connectivity index (χ4v) is 2.78. The van der Waals surface area contributed by atoms with Crippen LogP contribution >= 0.6 is 0 Å². The standard InChI is InChI=1S/C16H30N6/c1-3-5-11-22(12-6-4-2)16-20-14(19-15(17)21-16)13-9-7-8-10-18-13/h13,18H,3-12H2,1-2H3,(H2,17,19,20,21). The summed E-state index contributed by atoms with van der Waals surface area (Å²) in [5.41, 5.74) is 5.94. The van der Waals surface area contributed by atoms with Crippen LogP contribution in [-0.4, -0.2) is 34.6 Å². The maximum atomic E-state index is 5.94. The van der Waals surface area contributed by atoms with Crippen molar-refractivity contribution in [2.24, 2.45) is 0 Å². The summed E-state index contributed by atoms with van der Waals surface area (Å²) in [6, 6.07) is 0.219. The SMILES string of the molecule is CCCCN(CCCC)c1nc(N)nc(C2CCCCN2)n1. The van der Waals surface area contributed by atoms with Gasteiger partial charge in [0.15, 0.2) is 5.82 Å². The van der Waals surface area contributed by atoms with Gasteiger partial charge in [-0.1, -0.05) is 33.1 Å². The fraction of sp³-hybridized carbons (Fsp3) is 0.812. The van der Waals surface area contributed by atoms with Crippen molar-refractivity contribution in [2.75, 3.05) is 30.3 Å². The van der Waals surface area contributed by atoms with E-state index in [-0.39, 0.29) is 6.04 Å². The highest BCUT2D eigenvalue weighted by atomic mass is 15.3. The van der Waals surface area contributed by atoms with E-state index in [9.17, 15) is 0 Å². The largest absolute Gasteiger partial charge is 0.368 e. The molecule has 1 saturated heterocycles. The Labute approximate surface area is 133 Å². The maximum absolute atomic E-state index is 5.94. The summed E-state index contributed by atoms with van der Waals surface area (Å²) in [5, 5.41) is 3.49. The van der Waals surface area contributed by atoms with E-state index in [0.717, 1.165) is 50.7 Å². The molecular weight excluding hydrogens is 276 g/mol. The molecule has 2 heterocycles. The van der Waals surface area contributed by atoms with Crippen LogP contribution in [0.25, 0.3) is 0 Å². The number of nitrogens with zero attached hydrogens (tertiary/aromatic N) is 4. The second-order valence-corrected chi connectivity index (χ2v) is 6.05. The summed E-state index contributed by atoms with van der Waals surface area (Å²) in [5.74, 6) is 1.89. The van der Waals surface area contributed by atoms with Crippen LogP contribution in [0.5, 0.6) is 0 Å². The van der Waals surface area contributed by atoms with Gasteiger partial charge in [-0.25, -0.2) is 0 Å². The maximum Gasteiger partial charge on any atom is 0.230 e. The van der Waals surface area contributed by atoms with Crippen LogP contribution in [0.3, 0.4) is 0 Å². The summed E-state index contributed by atoms with van der Waals surface area (Å²) >= 11 is 0. The molecule has 6 heteroatoms. The molecule has 0 aromatic carbocycles. The lowest BCUT2D eigenvalue weighted by molar-refractivity contribution is 0.396. The molecule has 0 radical (unpaired) electrons. The van der Waals surface area contributed by atoms with E-state index in [4.69, 9.17) is 10.7 Å². The first-order chi connectivity index (χ1) is 10.7. The van der Waals surface area contributed by atoms with Gasteiger partial charge in [0, 0.05) is 13.1 Å². The summed E-state index contributed by atoms with van der Waals surface area (Å²) in [6.45, 7) is 7.41. The number of hydrogen-bond acceptors (Lipinski definition) is 6. The quantitative estimate of drug-likeness (QED) is 0.768. The van der Waals surface area contributed by atoms with Gasteiger partial charge in [0.05, 0.1) is 6.04 Å². The Kier molecular flexibility index (Phi) is 6.83. The molecule has 3 N–H and O–H groups in total. The fourth-order valence-electron chi connectivity index (χ4n) is 2.78. The number of nitrogens with two attached hydrogens (primary N) is 1. The van der Waals surface area contributed by atoms with E-state index >= 15 is 0 Å². The van der Waals surface area contributed by atoms with Gasteiger partial charge in [-0.3, -0.25) is 0 Å². The highest BCUT2D eigenvalue weighted by molar-refractivity contribution is 5.35. The van der Waals surface area contributed by atoms with Gasteiger partial charge >= 0.3 is 0 Å². The van der Waals surface area contributed by atoms with E-state index in [1.54, 1.807) is 0 Å². The third-order valence-corrected chi connectivity index (χ3v) is 4.13. The molecule has 1 unspecified atom stereocenters. The second kappa shape index (κ2) is 8.88. The Morgan fingerprint density at radius 2 is 1.82 bits per heavy atom. The third-order valence-electron chi connectivity index (χ3n) is 4.13. The molecule has 0 bridgehead atoms. The van der Waals surface area contributed by atoms with Crippen LogP contribution in [0.15, 0.2) is 0 Å². The molecule has 1 fully saturated rings. The average Bonchev–Trinajstić information content (AvgIpc) is 2.55. The smallest absolute Gasteiger partial charge is 0.230 e. The zero-order valence-electron chi connectivity index (χ0n) is 14.0. The van der Waals surface area contributed by atoms with Crippen molar-refractivity contribution in [3.63, 3.8) is 0 Å². The van der Waals surface area contributed by atoms with Gasteiger partial charge in [-0.2, -0.15) is 15.0 Å². The van der Waals surface area contributed by atoms with Crippen LogP contribution in [0.4, 0.5) is 11.9 Å². The monoisotopic (exact) mass is 306 g/mol. The number of piperidine rings is 1. The molecule has 0 saturated carbocycles. The van der Waals surface area contributed by atoms with E-state index < -0.39 is 0 Å². The van der Waals surface area contributed by atoms with Gasteiger partial charge in [-0.05, 0) is 32.2 Å². The van der Waals surface area contributed by atoms with Crippen molar-refractivity contribution in [3.8, 4) is 0 Å². The highest BCUT2D eigenvalue weighted by Crippen LogP contribution is 2.22. The molecular formula is C16H30N6. The molecule has 1 atom stereocenters. The normalized spacial score (nSPS) is 18.4. The summed E-state index contributed by atoms with van der Waals surface area (Å²) < 4.78 is 0. The number of unbranched alkanes of at least 4 members (excludes halogenated alkanes) is 2. The minimum absolute atomic E-state index is 0.219. The molecule has 1 aliphatic heterocycles. The van der Waals surface area contributed by atoms with Crippen molar-refractivity contribution in [2.45, 2.75) is 64.8 Å². The number of nitrogens with one attached hydrogen (secondary N) is 1. The van der Waals surface area contributed by atoms with Crippen molar-refractivity contribution in [1.82, 2.24) is 20.3 Å². The minimum Gasteiger partial charge on any atom is -0.368 e. The van der Waals surface area contributed by atoms with Crippen LogP contribution < -0.4 is 16.0 Å². The van der Waals surface area contributed by atoms with Crippen molar-refractivity contribution < 1.29 is 0 Å². The Bertz CT molecular complexity index is 436. The summed E-state index contributed by atoms with van der Waals surface area (Å²) in [4.78, 5) is 15.7. The summed E-state index contributed by atoms with van der Waals surface area (Å²) in [7, 11) is 0. The van der Waals surface area contributed by atoms with E-state index in [0.29, 0.717) is 5.95 Å². The Morgan fingerprint density at radius 3 is 2.41 bits per heavy atom. The van der Waals surface area contributed by atoms with Gasteiger partial charge < -0.3 is 16.0 Å². The Balaban J connectivity index is 2.17. The lowest BCUT2D eigenvalue weighted by Gasteiger charge is -2.25. The summed E-state index contributed by atoms with van der Waals surface area (Å²) in [6.07, 6.45) is 8.14. The highest BCUT2D eigenvalue weighted by Gasteiger charge is 2.20. The molecule has 1 aromatic heterocycles. The zero-order valence-corrected chi connectivity index (χ0v) is 14.0. The number of nitrogen functional groups attached to an aromatic ring is 1. The van der Waals surface area contributed by atoms with Crippen molar-refractivity contribution >= 4 is 11.9 Å². The first-order valence-corrected chi connectivity index (χ1v) is 8.74. The van der Waals surface area contributed by atoms with Crippen molar-refractivity contribution in [3.05, 3.63) is 5.82 Å². The topological polar surface area (TPSA) is 80.0 Å². The number of anilines is 2. The Morgan fingerprint density at radius 1 is 1.09 bits per heavy atom. The van der Waals surface area contributed by atoms with Crippen molar-refractivity contribution in [1.29, 1.82) is 0 Å². The van der Waals surface area contributed by atoms with E-state index in [2.05, 4.69) is 34.0 Å². The van der Waals surface area contributed by atoms with Gasteiger partial charge in [0.2, 0.25) is 11.9 Å². The van der Waals surface area contributed by atoms with Gasteiger partial charge in [0.25, 0.3) is 0 Å². The molecule has 1 aliphatic rings. The van der Waals surface area contributed by atoms with E-state index in [1.165, 1.54) is 25.7 Å². The molecule has 0 spiro atoms. The molecule has 0 amide bonds. The average molecular weight is 306 g/mol. The molecule has 1 aromatic rings. The number of rotatable bonds is 8. The van der Waals surface area contributed by atoms with Crippen LogP contribution in [-0.2, 0) is 0 Å². The molecule has 2 rings (SSSR count). The lowest BCUT2D eigenvalue weighted by atomic mass is 10.0. The minimum atomic E-state index is 0.219. The predicted octanol–water partition coefficient (Wildman–Crippen LogP) is 2.68. The van der Waals surface area contributed by atoms with Gasteiger partial charge in [-0.15, -0.1) is 0 Å². The number of hydrogen-bond donors (Lipinski definition) is 2. The first-order valence-electron chi connectivity index (χ1n) is 8.74. The molecule has 0 aliphatic carbocycles. The van der Waals surface area contributed by atoms with Crippen LogP contribution in [0.2, 0.25) is 0 Å². The number of aromatic nitrogens is 3. The molecule has 22 heavy (non-hydrogen) atoms. The van der Waals surface area contributed by atoms with Crippen LogP contribution in [0.1, 0.15) is 70.7 Å². The zero-order chi connectivity index (χ0) is 15.8.